The molecule has 2 aromatic carbocycles. The molecule has 8 heteroatoms. The highest BCUT2D eigenvalue weighted by molar-refractivity contribution is 5.72. The summed E-state index contributed by atoms with van der Waals surface area (Å²) in [5, 5.41) is 7.07. The largest absolute Gasteiger partial charge is 0.352 e. The lowest BCUT2D eigenvalue weighted by Crippen LogP contribution is -2.27. The molecule has 8 nitrogen and oxygen atoms in total. The number of aromatic amines is 2. The summed E-state index contributed by atoms with van der Waals surface area (Å²) in [5.41, 5.74) is 7.74. The van der Waals surface area contributed by atoms with E-state index in [-0.39, 0.29) is 12.3 Å². The lowest BCUT2D eigenvalue weighted by Gasteiger charge is -2.23. The van der Waals surface area contributed by atoms with Crippen LogP contribution in [0, 0.1) is 0 Å². The lowest BCUT2D eigenvalue weighted by atomic mass is 10.00. The highest BCUT2D eigenvalue weighted by Gasteiger charge is 2.25. The Labute approximate surface area is 229 Å². The first kappa shape index (κ1) is 24.7. The maximum absolute atomic E-state index is 5.86. The van der Waals surface area contributed by atoms with E-state index in [1.807, 2.05) is 6.20 Å². The zero-order valence-electron chi connectivity index (χ0n) is 22.2. The van der Waals surface area contributed by atoms with E-state index < -0.39 is 0 Å². The van der Waals surface area contributed by atoms with Crippen molar-refractivity contribution in [2.75, 3.05) is 26.3 Å². The SMILES string of the molecule is c1cc(-c2cnc(C3CCCN3)[nH]2)ccc1-c1ccc(-c2nc(C3CCCN3)[nH]c2CC2OCCCO2)cc1. The monoisotopic (exact) mass is 524 g/mol. The van der Waals surface area contributed by atoms with Gasteiger partial charge in [0.2, 0.25) is 0 Å². The Balaban J connectivity index is 1.10. The molecule has 0 radical (unpaired) electrons. The third kappa shape index (κ3) is 5.30. The second kappa shape index (κ2) is 11.1. The van der Waals surface area contributed by atoms with E-state index in [2.05, 4.69) is 74.1 Å². The predicted molar refractivity (Wildman–Crippen MR) is 151 cm³/mol. The highest BCUT2D eigenvalue weighted by Crippen LogP contribution is 2.31. The van der Waals surface area contributed by atoms with Crippen LogP contribution in [0.25, 0.3) is 33.6 Å². The van der Waals surface area contributed by atoms with Gasteiger partial charge in [0, 0.05) is 17.7 Å². The van der Waals surface area contributed by atoms with E-state index in [0.29, 0.717) is 12.5 Å². The number of benzene rings is 2. The summed E-state index contributed by atoms with van der Waals surface area (Å²) < 4.78 is 11.7. The molecule has 202 valence electrons. The van der Waals surface area contributed by atoms with E-state index in [1.54, 1.807) is 0 Å². The Hall–Kier alpha value is -3.30. The molecule has 3 fully saturated rings. The molecular formula is C31H36N6O2. The summed E-state index contributed by atoms with van der Waals surface area (Å²) in [4.78, 5) is 16.8. The summed E-state index contributed by atoms with van der Waals surface area (Å²) in [6.45, 7) is 3.60. The van der Waals surface area contributed by atoms with Crippen molar-refractivity contribution in [2.24, 2.45) is 0 Å². The first-order chi connectivity index (χ1) is 19.3. The first-order valence-electron chi connectivity index (χ1n) is 14.3. The third-order valence-corrected chi connectivity index (χ3v) is 8.13. The van der Waals surface area contributed by atoms with Gasteiger partial charge in [-0.3, -0.25) is 0 Å². The molecular weight excluding hydrogens is 488 g/mol. The standard InChI is InChI=1S/C31H36N6O2/c1-4-24(32-14-1)30-34-19-27(36-30)22-10-6-20(7-11-22)21-8-12-23(13-9-21)29-26(18-28-38-16-3-17-39-28)35-31(37-29)25-5-2-15-33-25/h6-13,19,24-25,28,32-33H,1-5,14-18H2,(H,34,36)(H,35,37). The van der Waals surface area contributed by atoms with Crippen LogP contribution in [0.15, 0.2) is 54.7 Å². The second-order valence-corrected chi connectivity index (χ2v) is 10.8. The molecule has 3 aliphatic heterocycles. The van der Waals surface area contributed by atoms with Crippen LogP contribution in [0.5, 0.6) is 0 Å². The van der Waals surface area contributed by atoms with Gasteiger partial charge < -0.3 is 30.1 Å². The molecule has 0 saturated carbocycles. The van der Waals surface area contributed by atoms with Gasteiger partial charge in [0.1, 0.15) is 11.6 Å². The number of imidazole rings is 2. The molecule has 0 spiro atoms. The molecule has 5 heterocycles. The van der Waals surface area contributed by atoms with Gasteiger partial charge in [-0.25, -0.2) is 9.97 Å². The molecule has 0 aliphatic carbocycles. The van der Waals surface area contributed by atoms with Crippen molar-refractivity contribution in [3.63, 3.8) is 0 Å². The Morgan fingerprint density at radius 2 is 1.31 bits per heavy atom. The lowest BCUT2D eigenvalue weighted by molar-refractivity contribution is -0.177. The fourth-order valence-corrected chi connectivity index (χ4v) is 5.96. The van der Waals surface area contributed by atoms with Gasteiger partial charge in [-0.1, -0.05) is 48.5 Å². The average molecular weight is 525 g/mol. The zero-order valence-corrected chi connectivity index (χ0v) is 22.2. The molecule has 0 bridgehead atoms. The summed E-state index contributed by atoms with van der Waals surface area (Å²) in [7, 11) is 0. The van der Waals surface area contributed by atoms with Crippen molar-refractivity contribution >= 4 is 0 Å². The molecule has 3 saturated heterocycles. The van der Waals surface area contributed by atoms with Crippen molar-refractivity contribution in [1.82, 2.24) is 30.6 Å². The first-order valence-corrected chi connectivity index (χ1v) is 14.3. The van der Waals surface area contributed by atoms with Gasteiger partial charge in [-0.05, 0) is 61.9 Å². The van der Waals surface area contributed by atoms with Gasteiger partial charge in [-0.2, -0.15) is 0 Å². The molecule has 3 aliphatic rings. The number of nitrogens with zero attached hydrogens (tertiary/aromatic N) is 2. The number of nitrogens with one attached hydrogen (secondary N) is 4. The van der Waals surface area contributed by atoms with Crippen LogP contribution in [-0.2, 0) is 15.9 Å². The summed E-state index contributed by atoms with van der Waals surface area (Å²) in [5.74, 6) is 2.05. The fourth-order valence-electron chi connectivity index (χ4n) is 5.96. The molecule has 2 unspecified atom stereocenters. The van der Waals surface area contributed by atoms with Gasteiger partial charge in [0.15, 0.2) is 6.29 Å². The molecule has 4 N–H and O–H groups in total. The van der Waals surface area contributed by atoms with Crippen LogP contribution in [0.3, 0.4) is 0 Å². The third-order valence-electron chi connectivity index (χ3n) is 8.13. The second-order valence-electron chi connectivity index (χ2n) is 10.8. The summed E-state index contributed by atoms with van der Waals surface area (Å²) >= 11 is 0. The van der Waals surface area contributed by atoms with Crippen LogP contribution in [0.4, 0.5) is 0 Å². The van der Waals surface area contributed by atoms with E-state index >= 15 is 0 Å². The van der Waals surface area contributed by atoms with Gasteiger partial charge in [0.05, 0.1) is 42.9 Å². The van der Waals surface area contributed by atoms with Crippen LogP contribution in [0.2, 0.25) is 0 Å². The maximum atomic E-state index is 5.86. The topological polar surface area (TPSA) is 99.9 Å². The Bertz CT molecular complexity index is 1380. The summed E-state index contributed by atoms with van der Waals surface area (Å²) in [6.07, 6.45) is 7.98. The number of hydrogen-bond acceptors (Lipinski definition) is 6. The number of rotatable bonds is 7. The zero-order chi connectivity index (χ0) is 26.0. The predicted octanol–water partition coefficient (Wildman–Crippen LogP) is 5.29. The number of H-pyrrole nitrogens is 2. The van der Waals surface area contributed by atoms with Gasteiger partial charge in [0.25, 0.3) is 0 Å². The van der Waals surface area contributed by atoms with Gasteiger partial charge in [-0.15, -0.1) is 0 Å². The average Bonchev–Trinajstić information content (AvgIpc) is 3.81. The van der Waals surface area contributed by atoms with Gasteiger partial charge >= 0.3 is 0 Å². The molecule has 2 atom stereocenters. The smallest absolute Gasteiger partial charge is 0.163 e. The van der Waals surface area contributed by atoms with Crippen molar-refractivity contribution in [3.05, 3.63) is 72.1 Å². The maximum Gasteiger partial charge on any atom is 0.163 e. The minimum Gasteiger partial charge on any atom is -0.352 e. The number of aromatic nitrogens is 4. The summed E-state index contributed by atoms with van der Waals surface area (Å²) in [6, 6.07) is 18.0. The van der Waals surface area contributed by atoms with Crippen molar-refractivity contribution in [1.29, 1.82) is 0 Å². The molecule has 7 rings (SSSR count). The van der Waals surface area contributed by atoms with Crippen LogP contribution < -0.4 is 10.6 Å². The molecule has 2 aromatic heterocycles. The Morgan fingerprint density at radius 1 is 0.692 bits per heavy atom. The van der Waals surface area contributed by atoms with Crippen molar-refractivity contribution < 1.29 is 9.47 Å². The van der Waals surface area contributed by atoms with E-state index in [0.717, 1.165) is 85.4 Å². The fraction of sp³-hybridized carbons (Fsp3) is 0.419. The van der Waals surface area contributed by atoms with E-state index in [1.165, 1.54) is 24.0 Å². The molecule has 39 heavy (non-hydrogen) atoms. The molecule has 4 aromatic rings. The van der Waals surface area contributed by atoms with Crippen molar-refractivity contribution in [2.45, 2.75) is 56.9 Å². The number of ether oxygens (including phenoxy) is 2. The number of hydrogen-bond donors (Lipinski definition) is 4. The quantitative estimate of drug-likeness (QED) is 0.262. The minimum absolute atomic E-state index is 0.222. The van der Waals surface area contributed by atoms with E-state index in [9.17, 15) is 0 Å². The Morgan fingerprint density at radius 3 is 1.95 bits per heavy atom. The normalized spacial score (nSPS) is 22.1. The van der Waals surface area contributed by atoms with Crippen LogP contribution >= 0.6 is 0 Å². The van der Waals surface area contributed by atoms with Crippen molar-refractivity contribution in [3.8, 4) is 33.6 Å². The minimum atomic E-state index is -0.222. The highest BCUT2D eigenvalue weighted by atomic mass is 16.7. The molecule has 0 amide bonds. The van der Waals surface area contributed by atoms with Crippen LogP contribution in [-0.4, -0.2) is 52.5 Å². The van der Waals surface area contributed by atoms with Crippen LogP contribution in [0.1, 0.15) is 61.5 Å². The van der Waals surface area contributed by atoms with E-state index in [4.69, 9.17) is 14.5 Å². The Kier molecular flexibility index (Phi) is 7.01.